The molecular weight excluding hydrogens is 257 g/mol. The van der Waals surface area contributed by atoms with Crippen LogP contribution < -0.4 is 5.32 Å². The van der Waals surface area contributed by atoms with E-state index < -0.39 is 7.82 Å². The summed E-state index contributed by atoms with van der Waals surface area (Å²) in [5, 5.41) is 2.71. The van der Waals surface area contributed by atoms with Crippen molar-refractivity contribution in [3.05, 3.63) is 0 Å². The highest BCUT2D eigenvalue weighted by molar-refractivity contribution is 7.47. The molecule has 0 aromatic heterocycles. The normalized spacial score (nSPS) is 14.2. The van der Waals surface area contributed by atoms with Gasteiger partial charge in [0.25, 0.3) is 0 Å². The second kappa shape index (κ2) is 10.5. The molecule has 0 radical (unpaired) electrons. The molecule has 0 aliphatic rings. The summed E-state index contributed by atoms with van der Waals surface area (Å²) in [6.45, 7) is 4.47. The quantitative estimate of drug-likeness (QED) is 0.448. The van der Waals surface area contributed by atoms with E-state index in [0.29, 0.717) is 19.4 Å². The van der Waals surface area contributed by atoms with Gasteiger partial charge in [-0.2, -0.15) is 0 Å². The molecule has 18 heavy (non-hydrogen) atoms. The fourth-order valence-electron chi connectivity index (χ4n) is 1.27. The van der Waals surface area contributed by atoms with Gasteiger partial charge in [-0.05, 0) is 19.3 Å². The number of carbonyl (C=O) groups excluding carboxylic acids is 1. The summed E-state index contributed by atoms with van der Waals surface area (Å²) in [7, 11) is -3.84. The molecule has 1 amide bonds. The van der Waals surface area contributed by atoms with E-state index in [2.05, 4.69) is 5.32 Å². The summed E-state index contributed by atoms with van der Waals surface area (Å²) >= 11 is 0. The third-order valence-electron chi connectivity index (χ3n) is 2.16. The Hall–Kier alpha value is -0.420. The number of rotatable bonds is 11. The Morgan fingerprint density at radius 2 is 1.78 bits per heavy atom. The number of hydrogen-bond donors (Lipinski definition) is 2. The number of nitrogens with one attached hydrogen (secondary N) is 1. The molecule has 0 aromatic rings. The predicted octanol–water partition coefficient (Wildman–Crippen LogP) is 2.23. The van der Waals surface area contributed by atoms with E-state index >= 15 is 0 Å². The van der Waals surface area contributed by atoms with E-state index in [-0.39, 0.29) is 19.1 Å². The topological polar surface area (TPSA) is 84.9 Å². The highest BCUT2D eigenvalue weighted by Gasteiger charge is 2.19. The van der Waals surface area contributed by atoms with E-state index in [1.165, 1.54) is 6.92 Å². The van der Waals surface area contributed by atoms with Crippen molar-refractivity contribution >= 4 is 13.7 Å². The molecule has 1 atom stereocenters. The van der Waals surface area contributed by atoms with Gasteiger partial charge in [-0.15, -0.1) is 0 Å². The maximum absolute atomic E-state index is 11.2. The molecule has 0 aliphatic heterocycles. The second-order valence-electron chi connectivity index (χ2n) is 4.03. The Morgan fingerprint density at radius 3 is 2.39 bits per heavy atom. The van der Waals surface area contributed by atoms with Crippen LogP contribution in [0.2, 0.25) is 0 Å². The van der Waals surface area contributed by atoms with Crippen LogP contribution >= 0.6 is 7.82 Å². The first-order chi connectivity index (χ1) is 8.48. The van der Waals surface area contributed by atoms with Crippen LogP contribution in [-0.2, 0) is 18.4 Å². The van der Waals surface area contributed by atoms with Crippen LogP contribution in [0.25, 0.3) is 0 Å². The average Bonchev–Trinajstić information content (AvgIpc) is 2.29. The molecule has 7 heteroatoms. The SMILES string of the molecule is CCCOP(=O)(O)OCCCCCCNC(C)=O. The molecule has 0 saturated carbocycles. The summed E-state index contributed by atoms with van der Waals surface area (Å²) < 4.78 is 20.7. The molecule has 1 unspecified atom stereocenters. The van der Waals surface area contributed by atoms with Gasteiger partial charge in [-0.25, -0.2) is 4.57 Å². The molecule has 0 heterocycles. The minimum atomic E-state index is -3.84. The fourth-order valence-corrected chi connectivity index (χ4v) is 2.12. The van der Waals surface area contributed by atoms with Crippen LogP contribution in [-0.4, -0.2) is 30.6 Å². The Bertz CT molecular complexity index is 272. The first kappa shape index (κ1) is 17.6. The third-order valence-corrected chi connectivity index (χ3v) is 3.18. The molecular formula is C11H24NO5P. The van der Waals surface area contributed by atoms with E-state index in [4.69, 9.17) is 9.05 Å². The number of unbranched alkanes of at least 4 members (excludes halogenated alkanes) is 3. The van der Waals surface area contributed by atoms with Crippen molar-refractivity contribution in [1.29, 1.82) is 0 Å². The van der Waals surface area contributed by atoms with Crippen LogP contribution in [0.1, 0.15) is 46.0 Å². The van der Waals surface area contributed by atoms with Crippen LogP contribution in [0, 0.1) is 0 Å². The second-order valence-corrected chi connectivity index (χ2v) is 5.49. The highest BCUT2D eigenvalue weighted by atomic mass is 31.2. The van der Waals surface area contributed by atoms with Gasteiger partial charge >= 0.3 is 7.82 Å². The van der Waals surface area contributed by atoms with Crippen LogP contribution in [0.15, 0.2) is 0 Å². The molecule has 0 aromatic carbocycles. The zero-order valence-electron chi connectivity index (χ0n) is 11.2. The molecule has 2 N–H and O–H groups in total. The number of phosphoric ester groups is 1. The Kier molecular flexibility index (Phi) is 10.3. The largest absolute Gasteiger partial charge is 0.472 e. The first-order valence-electron chi connectivity index (χ1n) is 6.34. The monoisotopic (exact) mass is 281 g/mol. The van der Waals surface area contributed by atoms with E-state index in [9.17, 15) is 14.3 Å². The van der Waals surface area contributed by atoms with Gasteiger partial charge in [0, 0.05) is 13.5 Å². The van der Waals surface area contributed by atoms with Crippen LogP contribution in [0.3, 0.4) is 0 Å². The lowest BCUT2D eigenvalue weighted by Crippen LogP contribution is -2.20. The van der Waals surface area contributed by atoms with Crippen molar-refractivity contribution < 1.29 is 23.3 Å². The van der Waals surface area contributed by atoms with Gasteiger partial charge in [0.05, 0.1) is 13.2 Å². The lowest BCUT2D eigenvalue weighted by atomic mass is 10.2. The standard InChI is InChI=1S/C11H24NO5P/c1-3-9-16-18(14,15)17-10-7-5-4-6-8-12-11(2)13/h3-10H2,1-2H3,(H,12,13)(H,14,15). The number of amides is 1. The fraction of sp³-hybridized carbons (Fsp3) is 0.909. The Balaban J connectivity index is 3.34. The third kappa shape index (κ3) is 12.0. The van der Waals surface area contributed by atoms with Crippen molar-refractivity contribution in [2.45, 2.75) is 46.0 Å². The summed E-state index contributed by atoms with van der Waals surface area (Å²) in [6, 6.07) is 0. The van der Waals surface area contributed by atoms with Gasteiger partial charge in [0.15, 0.2) is 0 Å². The summed E-state index contributed by atoms with van der Waals surface area (Å²) in [6.07, 6.45) is 4.14. The smallest absolute Gasteiger partial charge is 0.356 e. The molecule has 108 valence electrons. The zero-order valence-corrected chi connectivity index (χ0v) is 12.1. The van der Waals surface area contributed by atoms with E-state index in [0.717, 1.165) is 19.3 Å². The molecule has 0 fully saturated rings. The lowest BCUT2D eigenvalue weighted by molar-refractivity contribution is -0.118. The van der Waals surface area contributed by atoms with Gasteiger partial charge in [0.1, 0.15) is 0 Å². The van der Waals surface area contributed by atoms with Gasteiger partial charge < -0.3 is 10.2 Å². The minimum Gasteiger partial charge on any atom is -0.356 e. The predicted molar refractivity (Wildman–Crippen MR) is 69.2 cm³/mol. The van der Waals surface area contributed by atoms with Gasteiger partial charge in [-0.3, -0.25) is 13.8 Å². The highest BCUT2D eigenvalue weighted by Crippen LogP contribution is 2.43. The summed E-state index contributed by atoms with van der Waals surface area (Å²) in [5.74, 6) is -0.0207. The van der Waals surface area contributed by atoms with E-state index in [1.54, 1.807) is 0 Å². The van der Waals surface area contributed by atoms with Crippen molar-refractivity contribution in [3.8, 4) is 0 Å². The van der Waals surface area contributed by atoms with Crippen LogP contribution in [0.4, 0.5) is 0 Å². The first-order valence-corrected chi connectivity index (χ1v) is 7.84. The molecule has 0 saturated heterocycles. The zero-order chi connectivity index (χ0) is 13.9. The van der Waals surface area contributed by atoms with Crippen molar-refractivity contribution in [2.75, 3.05) is 19.8 Å². The molecule has 6 nitrogen and oxygen atoms in total. The molecule has 0 rings (SSSR count). The summed E-state index contributed by atoms with van der Waals surface area (Å²) in [5.41, 5.74) is 0. The van der Waals surface area contributed by atoms with Crippen molar-refractivity contribution in [1.82, 2.24) is 5.32 Å². The molecule has 0 aliphatic carbocycles. The van der Waals surface area contributed by atoms with Crippen molar-refractivity contribution in [3.63, 3.8) is 0 Å². The number of phosphoric acid groups is 1. The maximum atomic E-state index is 11.2. The van der Waals surface area contributed by atoms with Crippen LogP contribution in [0.5, 0.6) is 0 Å². The number of carbonyl (C=O) groups is 1. The van der Waals surface area contributed by atoms with Gasteiger partial charge in [0.2, 0.25) is 5.91 Å². The molecule has 0 bridgehead atoms. The lowest BCUT2D eigenvalue weighted by Gasteiger charge is -2.11. The van der Waals surface area contributed by atoms with E-state index in [1.807, 2.05) is 6.92 Å². The maximum Gasteiger partial charge on any atom is 0.472 e. The van der Waals surface area contributed by atoms with Crippen molar-refractivity contribution in [2.24, 2.45) is 0 Å². The Morgan fingerprint density at radius 1 is 1.17 bits per heavy atom. The molecule has 0 spiro atoms. The Labute approximate surface area is 109 Å². The average molecular weight is 281 g/mol. The summed E-state index contributed by atoms with van der Waals surface area (Å²) in [4.78, 5) is 19.8. The minimum absolute atomic E-state index is 0.0207. The van der Waals surface area contributed by atoms with Gasteiger partial charge in [-0.1, -0.05) is 19.8 Å². The number of hydrogen-bond acceptors (Lipinski definition) is 4.